The van der Waals surface area contributed by atoms with Crippen LogP contribution in [0.5, 0.6) is 0 Å². The maximum atomic E-state index is 14.0. The summed E-state index contributed by atoms with van der Waals surface area (Å²) in [5.74, 6) is -12.0. The molecule has 0 aromatic heterocycles. The lowest BCUT2D eigenvalue weighted by molar-refractivity contribution is -0.233. The van der Waals surface area contributed by atoms with E-state index >= 15 is 0 Å². The van der Waals surface area contributed by atoms with Gasteiger partial charge in [0.15, 0.2) is 0 Å². The summed E-state index contributed by atoms with van der Waals surface area (Å²) in [5.41, 5.74) is 0. The zero-order valence-electron chi connectivity index (χ0n) is 25.5. The molecule has 8 unspecified atom stereocenters. The Hall–Kier alpha value is -4.52. The van der Waals surface area contributed by atoms with Gasteiger partial charge in [0, 0.05) is 0 Å². The Morgan fingerprint density at radius 3 is 0.851 bits per heavy atom. The van der Waals surface area contributed by atoms with Crippen LogP contribution < -0.4 is 0 Å². The van der Waals surface area contributed by atoms with Gasteiger partial charge < -0.3 is 0 Å². The van der Waals surface area contributed by atoms with Gasteiger partial charge in [-0.1, -0.05) is 48.6 Å². The van der Waals surface area contributed by atoms with Crippen LogP contribution in [-0.2, 0) is 43.1 Å². The molecule has 8 rings (SSSR count). The first-order valence-electron chi connectivity index (χ1n) is 16.5. The van der Waals surface area contributed by atoms with E-state index in [1.165, 1.54) is 0 Å². The Morgan fingerprint density at radius 2 is 0.638 bits per heavy atom. The van der Waals surface area contributed by atoms with Crippen molar-refractivity contribution in [2.75, 3.05) is 0 Å². The molecule has 8 amide bonds. The highest BCUT2D eigenvalue weighted by atomic mass is 16.6. The second kappa shape index (κ2) is 11.0. The molecule has 0 aromatic carbocycles. The number of allylic oxidation sites excluding steroid dienone is 4. The third-order valence-corrected chi connectivity index (χ3v) is 11.1. The minimum Gasteiger partial charge on any atom is -0.296 e. The first-order chi connectivity index (χ1) is 22.7. The van der Waals surface area contributed by atoms with Crippen LogP contribution in [0.2, 0.25) is 0 Å². The quantitative estimate of drug-likeness (QED) is 0.308. The predicted octanol–water partition coefficient (Wildman–Crippen LogP) is 1.37. The van der Waals surface area contributed by atoms with Crippen LogP contribution in [0.1, 0.15) is 51.4 Å². The largest absolute Gasteiger partial charge is 0.296 e. The normalized spacial score (nSPS) is 37.3. The summed E-state index contributed by atoms with van der Waals surface area (Å²) in [4.78, 5) is 115. The highest BCUT2D eigenvalue weighted by Crippen LogP contribution is 2.44. The first kappa shape index (κ1) is 29.9. The number of nitrogens with zero attached hydrogens (tertiary/aromatic N) is 4. The summed E-state index contributed by atoms with van der Waals surface area (Å²) >= 11 is 0. The lowest BCUT2D eigenvalue weighted by atomic mass is 9.86. The molecule has 13 heteroatoms. The van der Waals surface area contributed by atoms with Crippen LogP contribution >= 0.6 is 0 Å². The standard InChI is InChI=1S/C34H34N4O9/c39-25-17-9-1-2-10-18(17)26(40)35(25)33(36-27(41)19-11-3-4-12-20(19)28(36)42)47-34(37-29(43)21-13-5-6-14-22(21)30(37)44)38-31(45)23-15-7-8-16-24(23)32(38)46/h1,3,5,7,9,11,13,15,17-24,33-34H,2,4,6,8,10,12,14,16H2. The van der Waals surface area contributed by atoms with E-state index in [2.05, 4.69) is 0 Å². The van der Waals surface area contributed by atoms with Crippen LogP contribution in [0.4, 0.5) is 0 Å². The monoisotopic (exact) mass is 642 g/mol. The molecular weight excluding hydrogens is 608 g/mol. The number of hydrogen-bond acceptors (Lipinski definition) is 9. The van der Waals surface area contributed by atoms with Gasteiger partial charge in [-0.2, -0.15) is 0 Å². The number of imide groups is 4. The fourth-order valence-electron chi connectivity index (χ4n) is 8.70. The molecule has 8 atom stereocenters. The van der Waals surface area contributed by atoms with Gasteiger partial charge in [0.05, 0.1) is 47.3 Å². The fraction of sp³-hybridized carbons (Fsp3) is 0.529. The van der Waals surface area contributed by atoms with E-state index in [0.29, 0.717) is 51.4 Å². The van der Waals surface area contributed by atoms with Crippen molar-refractivity contribution in [3.63, 3.8) is 0 Å². The fourth-order valence-corrected chi connectivity index (χ4v) is 8.70. The van der Waals surface area contributed by atoms with Gasteiger partial charge in [-0.05, 0) is 51.4 Å². The topological polar surface area (TPSA) is 159 Å². The second-order valence-electron chi connectivity index (χ2n) is 13.5. The Labute approximate surface area is 269 Å². The van der Waals surface area contributed by atoms with Crippen LogP contribution in [0.25, 0.3) is 0 Å². The number of ether oxygens (including phenoxy) is 1. The molecule has 4 heterocycles. The van der Waals surface area contributed by atoms with Gasteiger partial charge in [-0.3, -0.25) is 43.1 Å². The predicted molar refractivity (Wildman–Crippen MR) is 157 cm³/mol. The van der Waals surface area contributed by atoms with Crippen molar-refractivity contribution < 1.29 is 43.1 Å². The van der Waals surface area contributed by atoms with Crippen molar-refractivity contribution in [3.8, 4) is 0 Å². The molecule has 13 nitrogen and oxygen atoms in total. The summed E-state index contributed by atoms with van der Waals surface area (Å²) in [6.07, 6.45) is 13.1. The van der Waals surface area contributed by atoms with Gasteiger partial charge in [0.2, 0.25) is 60.0 Å². The van der Waals surface area contributed by atoms with E-state index in [1.807, 2.05) is 0 Å². The molecule has 0 aromatic rings. The Kier molecular flexibility index (Phi) is 7.01. The Morgan fingerprint density at radius 1 is 0.404 bits per heavy atom. The summed E-state index contributed by atoms with van der Waals surface area (Å²) in [6, 6.07) is 0. The molecule has 0 radical (unpaired) electrons. The minimum atomic E-state index is -2.05. The van der Waals surface area contributed by atoms with Crippen LogP contribution in [0, 0.1) is 47.3 Å². The molecule has 0 saturated carbocycles. The van der Waals surface area contributed by atoms with Crippen LogP contribution in [-0.4, -0.2) is 79.6 Å². The summed E-state index contributed by atoms with van der Waals surface area (Å²) in [7, 11) is 0. The summed E-state index contributed by atoms with van der Waals surface area (Å²) in [6.45, 7) is 0. The summed E-state index contributed by atoms with van der Waals surface area (Å²) < 4.78 is 6.41. The van der Waals surface area contributed by atoms with Gasteiger partial charge >= 0.3 is 0 Å². The second-order valence-corrected chi connectivity index (χ2v) is 13.5. The van der Waals surface area contributed by atoms with Crippen molar-refractivity contribution in [1.29, 1.82) is 0 Å². The van der Waals surface area contributed by atoms with Crippen LogP contribution in [0.15, 0.2) is 48.6 Å². The number of hydrogen-bond donors (Lipinski definition) is 0. The smallest absolute Gasteiger partial charge is 0.240 e. The molecule has 47 heavy (non-hydrogen) atoms. The maximum Gasteiger partial charge on any atom is 0.240 e. The van der Waals surface area contributed by atoms with Gasteiger partial charge in [0.25, 0.3) is 0 Å². The Balaban J connectivity index is 1.25. The first-order valence-corrected chi connectivity index (χ1v) is 16.5. The van der Waals surface area contributed by atoms with Gasteiger partial charge in [-0.25, -0.2) is 19.6 Å². The van der Waals surface area contributed by atoms with Gasteiger partial charge in [-0.15, -0.1) is 0 Å². The van der Waals surface area contributed by atoms with Crippen molar-refractivity contribution >= 4 is 47.3 Å². The van der Waals surface area contributed by atoms with E-state index < -0.39 is 107 Å². The highest BCUT2D eigenvalue weighted by Gasteiger charge is 2.62. The number of rotatable bonds is 6. The van der Waals surface area contributed by atoms with Gasteiger partial charge in [0.1, 0.15) is 0 Å². The molecule has 8 aliphatic rings. The zero-order chi connectivity index (χ0) is 32.7. The summed E-state index contributed by atoms with van der Waals surface area (Å²) in [5, 5.41) is 0. The third-order valence-electron chi connectivity index (χ3n) is 11.1. The van der Waals surface area contributed by atoms with E-state index in [-0.39, 0.29) is 0 Å². The average molecular weight is 643 g/mol. The zero-order valence-corrected chi connectivity index (χ0v) is 25.5. The average Bonchev–Trinajstić information content (AvgIpc) is 3.70. The molecule has 4 aliphatic carbocycles. The lowest BCUT2D eigenvalue weighted by Gasteiger charge is -2.40. The molecule has 4 aliphatic heterocycles. The van der Waals surface area contributed by atoms with Crippen molar-refractivity contribution in [3.05, 3.63) is 48.6 Å². The lowest BCUT2D eigenvalue weighted by Crippen LogP contribution is -2.63. The molecular formula is C34H34N4O9. The number of amides is 8. The molecule has 0 N–H and O–H groups in total. The third kappa shape index (κ3) is 4.24. The highest BCUT2D eigenvalue weighted by molar-refractivity contribution is 6.11. The van der Waals surface area contributed by atoms with Crippen molar-refractivity contribution in [2.45, 2.75) is 64.1 Å². The molecule has 4 saturated heterocycles. The molecule has 0 spiro atoms. The van der Waals surface area contributed by atoms with Crippen molar-refractivity contribution in [1.82, 2.24) is 19.6 Å². The maximum absolute atomic E-state index is 14.0. The minimum absolute atomic E-state index is 0.353. The SMILES string of the molecule is O=C1C2C=CCCC2C(=O)N1C(OC(N1C(=O)C2C=CCCC2C1=O)N1C(=O)C2C=CCCC2C1=O)N1C(=O)C2C=CCCC2C1=O. The number of likely N-dealkylation sites (tertiary alicyclic amines) is 4. The van der Waals surface area contributed by atoms with E-state index in [0.717, 1.165) is 19.6 Å². The van der Waals surface area contributed by atoms with Crippen molar-refractivity contribution in [2.24, 2.45) is 47.3 Å². The molecule has 0 bridgehead atoms. The van der Waals surface area contributed by atoms with E-state index in [1.54, 1.807) is 48.6 Å². The Bertz CT molecular complexity index is 1410. The van der Waals surface area contributed by atoms with E-state index in [4.69, 9.17) is 4.74 Å². The number of fused-ring (bicyclic) bond motifs is 4. The number of carbonyl (C=O) groups excluding carboxylic acids is 8. The van der Waals surface area contributed by atoms with E-state index in [9.17, 15) is 38.4 Å². The number of carbonyl (C=O) groups is 8. The molecule has 4 fully saturated rings. The molecule has 244 valence electrons. The van der Waals surface area contributed by atoms with Crippen LogP contribution in [0.3, 0.4) is 0 Å².